The van der Waals surface area contributed by atoms with Crippen LogP contribution in [0.3, 0.4) is 0 Å². The van der Waals surface area contributed by atoms with Crippen LogP contribution in [0.15, 0.2) is 23.3 Å². The number of hydrogen-bond acceptors (Lipinski definition) is 19. The van der Waals surface area contributed by atoms with E-state index in [0.717, 1.165) is 12.8 Å². The molecule has 0 aromatic heterocycles. The molecule has 4 heterocycles. The largest absolute Gasteiger partial charge is 0.458 e. The summed E-state index contributed by atoms with van der Waals surface area (Å²) in [6.45, 7) is 14.8. The van der Waals surface area contributed by atoms with E-state index < -0.39 is 134 Å². The number of carbonyl (C=O) groups excluding carboxylic acids is 2. The highest BCUT2D eigenvalue weighted by atomic mass is 16.8. The van der Waals surface area contributed by atoms with Crippen LogP contribution in [0.25, 0.3) is 0 Å². The molecule has 0 bridgehead atoms. The maximum Gasteiger partial charge on any atom is 0.333 e. The summed E-state index contributed by atoms with van der Waals surface area (Å²) in [4.78, 5) is 26.5. The molecule has 4 aliphatic heterocycles. The third-order valence-corrected chi connectivity index (χ3v) is 18.6. The lowest BCUT2D eigenvalue weighted by Gasteiger charge is -2.63. The minimum absolute atomic E-state index is 0.0273. The second-order valence-electron chi connectivity index (χ2n) is 22.3. The van der Waals surface area contributed by atoms with E-state index in [0.29, 0.717) is 44.1 Å². The molecule has 8 rings (SSSR count). The van der Waals surface area contributed by atoms with Crippen LogP contribution in [0.4, 0.5) is 0 Å². The molecule has 0 spiro atoms. The molecule has 3 saturated carbocycles. The predicted octanol–water partition coefficient (Wildman–Crippen LogP) is 4.16. The summed E-state index contributed by atoms with van der Waals surface area (Å²) in [6, 6.07) is 0. The van der Waals surface area contributed by atoms with Crippen molar-refractivity contribution in [3.8, 4) is 0 Å². The van der Waals surface area contributed by atoms with E-state index in [9.17, 15) is 30.0 Å². The molecule has 4 N–H and O–H groups in total. The van der Waals surface area contributed by atoms with Crippen LogP contribution in [-0.4, -0.2) is 183 Å². The first-order chi connectivity index (χ1) is 34.1. The van der Waals surface area contributed by atoms with Gasteiger partial charge in [0.05, 0.1) is 48.3 Å². The third kappa shape index (κ3) is 10.3. The Bertz CT molecular complexity index is 1950. The van der Waals surface area contributed by atoms with Gasteiger partial charge in [-0.3, -0.25) is 4.79 Å². The molecule has 4 unspecified atom stereocenters. The number of allylic oxidation sites excluding steroid dienone is 2. The average molecular weight is 1030 g/mol. The van der Waals surface area contributed by atoms with Gasteiger partial charge in [0.15, 0.2) is 31.5 Å². The lowest BCUT2D eigenvalue weighted by Crippen LogP contribution is -2.66. The maximum absolute atomic E-state index is 13.3. The zero-order valence-corrected chi connectivity index (χ0v) is 44.3. The fourth-order valence-corrected chi connectivity index (χ4v) is 14.2. The quantitative estimate of drug-likeness (QED) is 0.102. The first-order valence-corrected chi connectivity index (χ1v) is 26.3. The second-order valence-corrected chi connectivity index (χ2v) is 22.3. The Morgan fingerprint density at radius 1 is 0.681 bits per heavy atom. The van der Waals surface area contributed by atoms with Crippen molar-refractivity contribution < 1.29 is 91.6 Å². The highest BCUT2D eigenvalue weighted by Crippen LogP contribution is 2.68. The molecule has 72 heavy (non-hydrogen) atoms. The minimum atomic E-state index is -1.45. The Hall–Kier alpha value is -2.02. The fourth-order valence-electron chi connectivity index (χ4n) is 14.2. The number of methoxy groups -OCH3 is 4. The number of fused-ring (bicyclic) bond motifs is 5. The summed E-state index contributed by atoms with van der Waals surface area (Å²) in [6.07, 6.45) is -5.02. The second kappa shape index (κ2) is 22.5. The van der Waals surface area contributed by atoms with Crippen LogP contribution < -0.4 is 0 Å². The Kier molecular flexibility index (Phi) is 17.6. The molecule has 19 heteroatoms. The van der Waals surface area contributed by atoms with E-state index in [2.05, 4.69) is 13.0 Å². The molecule has 4 saturated heterocycles. The van der Waals surface area contributed by atoms with E-state index in [4.69, 9.17) is 61.6 Å². The molecule has 7 fully saturated rings. The van der Waals surface area contributed by atoms with Crippen LogP contribution >= 0.6 is 0 Å². The van der Waals surface area contributed by atoms with Gasteiger partial charge in [-0.25, -0.2) is 4.79 Å². The Labute approximate surface area is 424 Å². The number of ether oxygens (including phenoxy) is 13. The highest BCUT2D eigenvalue weighted by molar-refractivity contribution is 5.88. The molecular weight excluding hydrogens is 941 g/mol. The van der Waals surface area contributed by atoms with Crippen molar-refractivity contribution in [1.29, 1.82) is 0 Å². The number of aliphatic hydroxyl groups excluding tert-OH is 3. The molecule has 410 valence electrons. The number of hydrogen-bond donors (Lipinski definition) is 4. The van der Waals surface area contributed by atoms with Gasteiger partial charge in [-0.05, 0) is 104 Å². The topological polar surface area (TPSA) is 235 Å². The minimum Gasteiger partial charge on any atom is -0.458 e. The number of rotatable bonds is 15. The van der Waals surface area contributed by atoms with Crippen molar-refractivity contribution in [1.82, 2.24) is 0 Å². The van der Waals surface area contributed by atoms with Gasteiger partial charge in [0.1, 0.15) is 48.5 Å². The monoisotopic (exact) mass is 1020 g/mol. The molecule has 4 aliphatic carbocycles. The zero-order valence-electron chi connectivity index (χ0n) is 44.3. The van der Waals surface area contributed by atoms with Crippen molar-refractivity contribution in [2.24, 2.45) is 28.6 Å². The molecule has 0 aromatic rings. The van der Waals surface area contributed by atoms with E-state index in [1.54, 1.807) is 47.8 Å². The number of ketones is 1. The lowest BCUT2D eigenvalue weighted by molar-refractivity contribution is -0.375. The summed E-state index contributed by atoms with van der Waals surface area (Å²) in [5, 5.41) is 45.6. The van der Waals surface area contributed by atoms with Crippen LogP contribution in [0.2, 0.25) is 0 Å². The summed E-state index contributed by atoms with van der Waals surface area (Å²) >= 11 is 0. The van der Waals surface area contributed by atoms with E-state index in [-0.39, 0.29) is 42.0 Å². The van der Waals surface area contributed by atoms with Gasteiger partial charge in [0.25, 0.3) is 0 Å². The molecule has 0 aromatic carbocycles. The molecule has 0 radical (unpaired) electrons. The van der Waals surface area contributed by atoms with E-state index in [1.807, 2.05) is 13.8 Å². The van der Waals surface area contributed by atoms with Gasteiger partial charge < -0.3 is 82.0 Å². The van der Waals surface area contributed by atoms with Crippen molar-refractivity contribution in [3.63, 3.8) is 0 Å². The summed E-state index contributed by atoms with van der Waals surface area (Å²) in [5.41, 5.74) is -0.544. The Morgan fingerprint density at radius 2 is 1.26 bits per heavy atom. The van der Waals surface area contributed by atoms with Crippen molar-refractivity contribution in [2.45, 2.75) is 242 Å². The van der Waals surface area contributed by atoms with Gasteiger partial charge >= 0.3 is 5.97 Å². The molecule has 8 aliphatic rings. The van der Waals surface area contributed by atoms with Crippen LogP contribution in [0, 0.1) is 28.6 Å². The van der Waals surface area contributed by atoms with Gasteiger partial charge in [-0.2, -0.15) is 0 Å². The van der Waals surface area contributed by atoms with Crippen molar-refractivity contribution in [3.05, 3.63) is 23.3 Å². The van der Waals surface area contributed by atoms with Gasteiger partial charge in [0, 0.05) is 64.6 Å². The Balaban J connectivity index is 0.857. The maximum atomic E-state index is 13.3. The molecular formula is C53H84O19. The normalized spacial score (nSPS) is 49.8. The van der Waals surface area contributed by atoms with Gasteiger partial charge in [-0.15, -0.1) is 0 Å². The zero-order chi connectivity index (χ0) is 52.2. The third-order valence-electron chi connectivity index (χ3n) is 18.6. The number of esters is 1. The van der Waals surface area contributed by atoms with Crippen LogP contribution in [0.5, 0.6) is 0 Å². The first-order valence-electron chi connectivity index (χ1n) is 26.3. The van der Waals surface area contributed by atoms with E-state index in [1.165, 1.54) is 26.9 Å². The summed E-state index contributed by atoms with van der Waals surface area (Å²) in [7, 11) is 6.09. The van der Waals surface area contributed by atoms with Gasteiger partial charge in [-0.1, -0.05) is 31.6 Å². The predicted molar refractivity (Wildman–Crippen MR) is 254 cm³/mol. The van der Waals surface area contributed by atoms with E-state index >= 15 is 0 Å². The van der Waals surface area contributed by atoms with Crippen LogP contribution in [0.1, 0.15) is 120 Å². The highest BCUT2D eigenvalue weighted by Gasteiger charge is 2.71. The standard InChI is InChI=1S/C53H84O19/c1-13-25(2)48(57)68-38-21-34-33(53(59)19-17-32(26(3)54)52(38,53)8)15-14-30-20-31(16-18-51(30,34)7)67-39-22-35(60-9)44(28(5)64-39)69-41-24-37(62-11)46(49(58)71-41)70-40-23-36(61-10)45(29(6)65-40)72-50-43(56)47(63-12)42(55)27(4)66-50/h13-14,27-29,31-47,49-50,55-56,58-59H,15-24H2,1-12H3/b25-13+/t27?,28?,29?,31-,32+,33+,34-,35+,36+,37+,38+,39-,40-,41+,42-,43-,44-,45-,46+,47-,49?,50-,51-,52-,53-/m0/s1. The molecule has 0 amide bonds. The summed E-state index contributed by atoms with van der Waals surface area (Å²) in [5.74, 6) is -0.814. The fraction of sp³-hybridized carbons (Fsp3) is 0.887. The first kappa shape index (κ1) is 56.2. The number of Topliss-reactive ketones (excluding diaryl/α,β-unsaturated/α-hetero) is 1. The number of carbonyl (C=O) groups is 2. The number of aliphatic hydroxyl groups is 4. The van der Waals surface area contributed by atoms with Crippen molar-refractivity contribution in [2.75, 3.05) is 28.4 Å². The summed E-state index contributed by atoms with van der Waals surface area (Å²) < 4.78 is 79.7. The van der Waals surface area contributed by atoms with Crippen LogP contribution in [-0.2, 0) is 71.2 Å². The van der Waals surface area contributed by atoms with Gasteiger partial charge in [0.2, 0.25) is 0 Å². The molecule has 19 nitrogen and oxygen atoms in total. The average Bonchev–Trinajstić information content (AvgIpc) is 3.64. The molecule has 25 atom stereocenters. The smallest absolute Gasteiger partial charge is 0.333 e. The van der Waals surface area contributed by atoms with Crippen molar-refractivity contribution >= 4 is 11.8 Å². The Morgan fingerprint density at radius 3 is 1.86 bits per heavy atom. The lowest BCUT2D eigenvalue weighted by atomic mass is 9.45. The SMILES string of the molecule is C/C=C(\C)C(=O)O[C@@H]1C[C@H]2[C@@H](CC=C3C[C@@H](O[C@H]4C[C@@H](OC)[C@@H](O[C@H]5C[C@@H](OC)[C@@H](O[C@H]6C[C@@H](OC)[C@@H](O[C@@H]7OC(C)[C@H](O)[C@H](OC)[C@@H]7O)C(C)O6)C(O)O5)C(C)O4)CC[C@@]32C)[C@@]2(O)CC[C@H](C(C)=O)[C@@]12C.